The van der Waals surface area contributed by atoms with Gasteiger partial charge in [0.05, 0.1) is 24.9 Å². The van der Waals surface area contributed by atoms with Crippen molar-refractivity contribution in [2.45, 2.75) is 19.9 Å². The van der Waals surface area contributed by atoms with Crippen molar-refractivity contribution in [2.75, 3.05) is 13.2 Å². The number of hydrogen-bond donors (Lipinski definition) is 4. The maximum absolute atomic E-state index is 11.8. The first-order valence-corrected chi connectivity index (χ1v) is 5.09. The van der Waals surface area contributed by atoms with Gasteiger partial charge in [0.15, 0.2) is 0 Å². The van der Waals surface area contributed by atoms with E-state index < -0.39 is 30.7 Å². The SMILES string of the molecule is Cc1n[nH]c(=O)c(C(=O)NC(CO)CO)c1C. The Morgan fingerprint density at radius 1 is 1.41 bits per heavy atom. The number of amides is 1. The quantitative estimate of drug-likeness (QED) is 0.510. The normalized spacial score (nSPS) is 10.6. The molecule has 0 radical (unpaired) electrons. The molecule has 0 saturated heterocycles. The number of carbonyl (C=O) groups excluding carboxylic acids is 1. The molecule has 7 heteroatoms. The van der Waals surface area contributed by atoms with Gasteiger partial charge in [-0.2, -0.15) is 5.10 Å². The number of carbonyl (C=O) groups is 1. The Hall–Kier alpha value is -1.73. The molecule has 1 aromatic heterocycles. The van der Waals surface area contributed by atoms with E-state index in [0.717, 1.165) is 0 Å². The number of rotatable bonds is 4. The third-order valence-electron chi connectivity index (χ3n) is 2.47. The van der Waals surface area contributed by atoms with Crippen LogP contribution in [0.25, 0.3) is 0 Å². The molecule has 94 valence electrons. The molecule has 1 heterocycles. The highest BCUT2D eigenvalue weighted by Crippen LogP contribution is 2.04. The van der Waals surface area contributed by atoms with Gasteiger partial charge in [0, 0.05) is 0 Å². The summed E-state index contributed by atoms with van der Waals surface area (Å²) in [6.45, 7) is 2.48. The largest absolute Gasteiger partial charge is 0.394 e. The molecule has 1 aromatic rings. The van der Waals surface area contributed by atoms with Crippen LogP contribution in [0.3, 0.4) is 0 Å². The molecule has 0 aromatic carbocycles. The summed E-state index contributed by atoms with van der Waals surface area (Å²) >= 11 is 0. The van der Waals surface area contributed by atoms with Crippen molar-refractivity contribution in [3.8, 4) is 0 Å². The topological polar surface area (TPSA) is 115 Å². The van der Waals surface area contributed by atoms with E-state index in [9.17, 15) is 9.59 Å². The summed E-state index contributed by atoms with van der Waals surface area (Å²) < 4.78 is 0. The highest BCUT2D eigenvalue weighted by atomic mass is 16.3. The number of H-pyrrole nitrogens is 1. The summed E-state index contributed by atoms with van der Waals surface area (Å²) in [6, 6.07) is -0.783. The lowest BCUT2D eigenvalue weighted by Crippen LogP contribution is -2.42. The van der Waals surface area contributed by atoms with Gasteiger partial charge in [-0.1, -0.05) is 0 Å². The molecule has 1 rings (SSSR count). The first-order valence-electron chi connectivity index (χ1n) is 5.09. The highest BCUT2D eigenvalue weighted by molar-refractivity contribution is 5.95. The summed E-state index contributed by atoms with van der Waals surface area (Å²) in [5.41, 5.74) is 0.366. The van der Waals surface area contributed by atoms with E-state index in [4.69, 9.17) is 10.2 Å². The van der Waals surface area contributed by atoms with E-state index in [2.05, 4.69) is 15.5 Å². The number of nitrogens with zero attached hydrogens (tertiary/aromatic N) is 1. The first-order chi connectivity index (χ1) is 8.01. The zero-order chi connectivity index (χ0) is 13.0. The number of nitrogens with one attached hydrogen (secondary N) is 2. The van der Waals surface area contributed by atoms with Gasteiger partial charge >= 0.3 is 0 Å². The van der Waals surface area contributed by atoms with Gasteiger partial charge in [-0.25, -0.2) is 5.10 Å². The molecular formula is C10H15N3O4. The van der Waals surface area contributed by atoms with Gasteiger partial charge < -0.3 is 15.5 Å². The number of aromatic nitrogens is 2. The third-order valence-corrected chi connectivity index (χ3v) is 2.47. The van der Waals surface area contributed by atoms with Gasteiger partial charge in [-0.15, -0.1) is 0 Å². The average Bonchev–Trinajstić information content (AvgIpc) is 2.31. The van der Waals surface area contributed by atoms with Crippen molar-refractivity contribution >= 4 is 5.91 Å². The Kier molecular flexibility index (Phi) is 4.36. The maximum atomic E-state index is 11.8. The Morgan fingerprint density at radius 3 is 2.53 bits per heavy atom. The number of aromatic amines is 1. The van der Waals surface area contributed by atoms with Crippen LogP contribution in [0.15, 0.2) is 4.79 Å². The molecule has 0 saturated carbocycles. The maximum Gasteiger partial charge on any atom is 0.277 e. The molecule has 4 N–H and O–H groups in total. The molecule has 0 aliphatic carbocycles. The van der Waals surface area contributed by atoms with Crippen molar-refractivity contribution in [1.82, 2.24) is 15.5 Å². The van der Waals surface area contributed by atoms with Gasteiger partial charge in [0.25, 0.3) is 11.5 Å². The Labute approximate surface area is 97.5 Å². The van der Waals surface area contributed by atoms with Crippen LogP contribution in [0.5, 0.6) is 0 Å². The van der Waals surface area contributed by atoms with Crippen LogP contribution in [0.4, 0.5) is 0 Å². The predicted octanol–water partition coefficient (Wildman–Crippen LogP) is -1.53. The molecular weight excluding hydrogens is 226 g/mol. The molecule has 1 amide bonds. The fourth-order valence-electron chi connectivity index (χ4n) is 1.31. The lowest BCUT2D eigenvalue weighted by molar-refractivity contribution is 0.0877. The van der Waals surface area contributed by atoms with Crippen LogP contribution >= 0.6 is 0 Å². The minimum absolute atomic E-state index is 0.0515. The van der Waals surface area contributed by atoms with Crippen molar-refractivity contribution in [3.05, 3.63) is 27.2 Å². The van der Waals surface area contributed by atoms with Crippen LogP contribution in [0.1, 0.15) is 21.6 Å². The molecule has 7 nitrogen and oxygen atoms in total. The molecule has 0 bridgehead atoms. The van der Waals surface area contributed by atoms with Crippen LogP contribution in [-0.2, 0) is 0 Å². The molecule has 0 spiro atoms. The molecule has 0 fully saturated rings. The Bertz CT molecular complexity index is 465. The standard InChI is InChI=1S/C10H15N3O4/c1-5-6(2)12-13-10(17)8(5)9(16)11-7(3-14)4-15/h7,14-15H,3-4H2,1-2H3,(H,11,16)(H,13,17). The Balaban J connectivity index is 3.04. The second kappa shape index (κ2) is 5.55. The smallest absolute Gasteiger partial charge is 0.277 e. The lowest BCUT2D eigenvalue weighted by Gasteiger charge is -2.14. The minimum Gasteiger partial charge on any atom is -0.394 e. The number of aliphatic hydroxyl groups excluding tert-OH is 2. The monoisotopic (exact) mass is 241 g/mol. The van der Waals surface area contributed by atoms with Crippen molar-refractivity contribution in [3.63, 3.8) is 0 Å². The predicted molar refractivity (Wildman–Crippen MR) is 59.8 cm³/mol. The second-order valence-corrected chi connectivity index (χ2v) is 3.67. The molecule has 0 aliphatic heterocycles. The highest BCUT2D eigenvalue weighted by Gasteiger charge is 2.18. The van der Waals surface area contributed by atoms with E-state index >= 15 is 0 Å². The fraction of sp³-hybridized carbons (Fsp3) is 0.500. The van der Waals surface area contributed by atoms with Crippen LogP contribution < -0.4 is 10.9 Å². The summed E-state index contributed by atoms with van der Waals surface area (Å²) in [6.07, 6.45) is 0. The van der Waals surface area contributed by atoms with Crippen molar-refractivity contribution < 1.29 is 15.0 Å². The lowest BCUT2D eigenvalue weighted by atomic mass is 10.1. The van der Waals surface area contributed by atoms with Gasteiger partial charge in [0.1, 0.15) is 5.56 Å². The summed E-state index contributed by atoms with van der Waals surface area (Å²) in [7, 11) is 0. The number of aryl methyl sites for hydroxylation is 1. The molecule has 0 unspecified atom stereocenters. The zero-order valence-electron chi connectivity index (χ0n) is 9.65. The Morgan fingerprint density at radius 2 is 2.00 bits per heavy atom. The average molecular weight is 241 g/mol. The zero-order valence-corrected chi connectivity index (χ0v) is 9.65. The van der Waals surface area contributed by atoms with Crippen molar-refractivity contribution in [2.24, 2.45) is 0 Å². The summed E-state index contributed by atoms with van der Waals surface area (Å²) in [5, 5.41) is 26.0. The number of hydrogen-bond acceptors (Lipinski definition) is 5. The first kappa shape index (κ1) is 13.3. The molecule has 0 atom stereocenters. The van der Waals surface area contributed by atoms with E-state index in [1.165, 1.54) is 0 Å². The van der Waals surface area contributed by atoms with Gasteiger partial charge in [-0.05, 0) is 19.4 Å². The third kappa shape index (κ3) is 2.89. The van der Waals surface area contributed by atoms with Gasteiger partial charge in [-0.3, -0.25) is 9.59 Å². The fourth-order valence-corrected chi connectivity index (χ4v) is 1.31. The van der Waals surface area contributed by atoms with Crippen LogP contribution in [0.2, 0.25) is 0 Å². The van der Waals surface area contributed by atoms with E-state index in [1.54, 1.807) is 13.8 Å². The van der Waals surface area contributed by atoms with E-state index in [1.807, 2.05) is 0 Å². The van der Waals surface area contributed by atoms with Gasteiger partial charge in [0.2, 0.25) is 0 Å². The van der Waals surface area contributed by atoms with Crippen molar-refractivity contribution in [1.29, 1.82) is 0 Å². The number of aliphatic hydroxyl groups is 2. The van der Waals surface area contributed by atoms with Crippen LogP contribution in [-0.4, -0.2) is 45.6 Å². The minimum atomic E-state index is -0.783. The summed E-state index contributed by atoms with van der Waals surface area (Å²) in [5.74, 6) is -0.637. The molecule has 0 aliphatic rings. The van der Waals surface area contributed by atoms with Crippen LogP contribution in [0, 0.1) is 13.8 Å². The van der Waals surface area contributed by atoms with E-state index in [0.29, 0.717) is 11.3 Å². The van der Waals surface area contributed by atoms with E-state index in [-0.39, 0.29) is 5.56 Å². The summed E-state index contributed by atoms with van der Waals surface area (Å²) in [4.78, 5) is 23.3. The molecule has 17 heavy (non-hydrogen) atoms. The second-order valence-electron chi connectivity index (χ2n) is 3.67.